The van der Waals surface area contributed by atoms with E-state index >= 15 is 0 Å². The van der Waals surface area contributed by atoms with Crippen molar-refractivity contribution in [1.29, 1.82) is 0 Å². The Morgan fingerprint density at radius 3 is 2.32 bits per heavy atom. The number of nitrogens with zero attached hydrogens (tertiary/aromatic N) is 2. The normalized spacial score (nSPS) is 12.6. The van der Waals surface area contributed by atoms with Crippen molar-refractivity contribution in [2.75, 3.05) is 7.05 Å². The van der Waals surface area contributed by atoms with Gasteiger partial charge >= 0.3 is 0 Å². The van der Waals surface area contributed by atoms with Crippen molar-refractivity contribution in [3.05, 3.63) is 52.8 Å². The van der Waals surface area contributed by atoms with E-state index in [1.54, 1.807) is 0 Å². The van der Waals surface area contributed by atoms with Crippen molar-refractivity contribution in [2.45, 2.75) is 32.7 Å². The maximum absolute atomic E-state index is 4.53. The number of nitrogens with one attached hydrogen (secondary N) is 1. The number of aromatic nitrogens is 2. The lowest BCUT2D eigenvalue weighted by atomic mass is 10.0. The van der Waals surface area contributed by atoms with E-state index in [1.165, 1.54) is 16.8 Å². The van der Waals surface area contributed by atoms with Crippen LogP contribution in [0.1, 0.15) is 42.4 Å². The zero-order chi connectivity index (χ0) is 13.8. The summed E-state index contributed by atoms with van der Waals surface area (Å²) in [4.78, 5) is 0. The molecule has 0 aliphatic rings. The third kappa shape index (κ3) is 2.87. The molecule has 19 heavy (non-hydrogen) atoms. The molecule has 3 nitrogen and oxygen atoms in total. The zero-order valence-electron chi connectivity index (χ0n) is 12.3. The van der Waals surface area contributed by atoms with Crippen LogP contribution in [0.3, 0.4) is 0 Å². The summed E-state index contributed by atoms with van der Waals surface area (Å²) in [5.41, 5.74) is 5.01. The first kappa shape index (κ1) is 13.8. The summed E-state index contributed by atoms with van der Waals surface area (Å²) < 4.78 is 1.98. The molecule has 0 bridgehead atoms. The molecule has 102 valence electrons. The van der Waals surface area contributed by atoms with Crippen LogP contribution in [0.15, 0.2) is 30.3 Å². The van der Waals surface area contributed by atoms with Gasteiger partial charge in [-0.2, -0.15) is 5.10 Å². The topological polar surface area (TPSA) is 29.9 Å². The minimum absolute atomic E-state index is 0.198. The third-order valence-corrected chi connectivity index (χ3v) is 3.63. The molecular weight excluding hydrogens is 234 g/mol. The Balaban J connectivity index is 2.34. The van der Waals surface area contributed by atoms with E-state index in [0.717, 1.165) is 18.5 Å². The molecule has 2 rings (SSSR count). The number of aryl methyl sites for hydroxylation is 3. The molecule has 1 unspecified atom stereocenters. The summed E-state index contributed by atoms with van der Waals surface area (Å²) in [6.07, 6.45) is 2.05. The molecule has 0 aliphatic heterocycles. The van der Waals surface area contributed by atoms with Gasteiger partial charge in [-0.3, -0.25) is 4.68 Å². The van der Waals surface area contributed by atoms with Gasteiger partial charge in [0, 0.05) is 7.05 Å². The van der Waals surface area contributed by atoms with E-state index < -0.39 is 0 Å². The quantitative estimate of drug-likeness (QED) is 0.892. The van der Waals surface area contributed by atoms with Gasteiger partial charge < -0.3 is 5.32 Å². The van der Waals surface area contributed by atoms with Crippen molar-refractivity contribution >= 4 is 0 Å². The molecule has 1 atom stereocenters. The van der Waals surface area contributed by atoms with Crippen LogP contribution in [0.5, 0.6) is 0 Å². The third-order valence-electron chi connectivity index (χ3n) is 3.63. The van der Waals surface area contributed by atoms with Crippen LogP contribution in [-0.2, 0) is 19.9 Å². The molecule has 2 aromatic rings. The molecule has 1 aromatic heterocycles. The average molecular weight is 257 g/mol. The van der Waals surface area contributed by atoms with Crippen molar-refractivity contribution in [1.82, 2.24) is 15.1 Å². The largest absolute Gasteiger partial charge is 0.308 e. The zero-order valence-corrected chi connectivity index (χ0v) is 12.3. The van der Waals surface area contributed by atoms with Gasteiger partial charge in [0.15, 0.2) is 0 Å². The summed E-state index contributed by atoms with van der Waals surface area (Å²) in [6, 6.07) is 11.2. The lowest BCUT2D eigenvalue weighted by molar-refractivity contribution is 0.603. The highest BCUT2D eigenvalue weighted by atomic mass is 15.3. The number of hydrogen-bond donors (Lipinski definition) is 1. The van der Waals surface area contributed by atoms with Crippen LogP contribution < -0.4 is 5.32 Å². The molecule has 1 N–H and O–H groups in total. The Hall–Kier alpha value is -1.61. The maximum Gasteiger partial charge on any atom is 0.0745 e. The van der Waals surface area contributed by atoms with Crippen LogP contribution in [0, 0.1) is 0 Å². The van der Waals surface area contributed by atoms with Gasteiger partial charge in [0.05, 0.1) is 17.4 Å². The smallest absolute Gasteiger partial charge is 0.0745 e. The number of rotatable bonds is 5. The molecule has 1 heterocycles. The highest BCUT2D eigenvalue weighted by Crippen LogP contribution is 2.22. The van der Waals surface area contributed by atoms with Crippen LogP contribution >= 0.6 is 0 Å². The maximum atomic E-state index is 4.53. The SMILES string of the molecule is CCc1ccc(C(NC)c2cc(CC)nn2C)cc1. The average Bonchev–Trinajstić information content (AvgIpc) is 2.82. The second-order valence-electron chi connectivity index (χ2n) is 4.85. The van der Waals surface area contributed by atoms with E-state index in [4.69, 9.17) is 0 Å². The minimum atomic E-state index is 0.198. The highest BCUT2D eigenvalue weighted by Gasteiger charge is 2.16. The number of benzene rings is 1. The summed E-state index contributed by atoms with van der Waals surface area (Å²) >= 11 is 0. The fourth-order valence-electron chi connectivity index (χ4n) is 2.42. The first-order chi connectivity index (χ1) is 9.19. The van der Waals surface area contributed by atoms with E-state index in [1.807, 2.05) is 18.8 Å². The Morgan fingerprint density at radius 1 is 1.16 bits per heavy atom. The molecule has 1 aromatic carbocycles. The predicted molar refractivity (Wildman–Crippen MR) is 79.3 cm³/mol. The van der Waals surface area contributed by atoms with Gasteiger partial charge in [-0.25, -0.2) is 0 Å². The second-order valence-corrected chi connectivity index (χ2v) is 4.85. The summed E-state index contributed by atoms with van der Waals surface area (Å²) in [5.74, 6) is 0. The van der Waals surface area contributed by atoms with E-state index in [0.29, 0.717) is 0 Å². The van der Waals surface area contributed by atoms with Gasteiger partial charge in [0.1, 0.15) is 0 Å². The summed E-state index contributed by atoms with van der Waals surface area (Å²) in [6.45, 7) is 4.32. The van der Waals surface area contributed by atoms with E-state index in [-0.39, 0.29) is 6.04 Å². The molecule has 0 spiro atoms. The van der Waals surface area contributed by atoms with Crippen LogP contribution in [0.4, 0.5) is 0 Å². The Labute approximate surface area is 115 Å². The van der Waals surface area contributed by atoms with Crippen LogP contribution in [-0.4, -0.2) is 16.8 Å². The molecule has 0 radical (unpaired) electrons. The predicted octanol–water partition coefficient (Wildman–Crippen LogP) is 2.85. The van der Waals surface area contributed by atoms with Crippen molar-refractivity contribution in [3.8, 4) is 0 Å². The van der Waals surface area contributed by atoms with Crippen molar-refractivity contribution < 1.29 is 0 Å². The molecule has 0 amide bonds. The standard InChI is InChI=1S/C16H23N3/c1-5-12-7-9-13(10-8-12)16(17-3)15-11-14(6-2)18-19(15)4/h7-11,16-17H,5-6H2,1-4H3. The Morgan fingerprint density at radius 2 is 1.84 bits per heavy atom. The Bertz CT molecular complexity index is 525. The lowest BCUT2D eigenvalue weighted by Crippen LogP contribution is -2.20. The highest BCUT2D eigenvalue weighted by molar-refractivity contribution is 5.31. The fraction of sp³-hybridized carbons (Fsp3) is 0.438. The first-order valence-corrected chi connectivity index (χ1v) is 6.98. The molecule has 0 saturated heterocycles. The van der Waals surface area contributed by atoms with Gasteiger partial charge in [0.25, 0.3) is 0 Å². The van der Waals surface area contributed by atoms with Gasteiger partial charge in [0.2, 0.25) is 0 Å². The van der Waals surface area contributed by atoms with Gasteiger partial charge in [-0.1, -0.05) is 38.1 Å². The minimum Gasteiger partial charge on any atom is -0.308 e. The molecule has 0 fully saturated rings. The van der Waals surface area contributed by atoms with Crippen LogP contribution in [0.25, 0.3) is 0 Å². The fourth-order valence-corrected chi connectivity index (χ4v) is 2.42. The first-order valence-electron chi connectivity index (χ1n) is 6.98. The van der Waals surface area contributed by atoms with Crippen molar-refractivity contribution in [2.24, 2.45) is 7.05 Å². The van der Waals surface area contributed by atoms with Gasteiger partial charge in [-0.15, -0.1) is 0 Å². The molecule has 0 aliphatic carbocycles. The summed E-state index contributed by atoms with van der Waals surface area (Å²) in [5, 5.41) is 7.92. The van der Waals surface area contributed by atoms with E-state index in [9.17, 15) is 0 Å². The summed E-state index contributed by atoms with van der Waals surface area (Å²) in [7, 11) is 4.01. The number of hydrogen-bond acceptors (Lipinski definition) is 2. The van der Waals surface area contributed by atoms with E-state index in [2.05, 4.69) is 54.6 Å². The molecular formula is C16H23N3. The molecule has 3 heteroatoms. The second kappa shape index (κ2) is 6.02. The van der Waals surface area contributed by atoms with Gasteiger partial charge in [-0.05, 0) is 37.1 Å². The molecule has 0 saturated carbocycles. The van der Waals surface area contributed by atoms with Crippen LogP contribution in [0.2, 0.25) is 0 Å². The monoisotopic (exact) mass is 257 g/mol. The Kier molecular flexibility index (Phi) is 4.38. The van der Waals surface area contributed by atoms with Crippen molar-refractivity contribution in [3.63, 3.8) is 0 Å². The lowest BCUT2D eigenvalue weighted by Gasteiger charge is -2.17.